The maximum Gasteiger partial charge on any atom is 0.123 e. The van der Waals surface area contributed by atoms with E-state index in [1.165, 1.54) is 30.3 Å². The topological polar surface area (TPSA) is 40.5 Å². The Hall–Kier alpha value is -2.30. The van der Waals surface area contributed by atoms with E-state index < -0.39 is 0 Å². The number of phenols is 2. The zero-order chi connectivity index (χ0) is 28.6. The zero-order valence-electron chi connectivity index (χ0n) is 25.2. The highest BCUT2D eigenvalue weighted by molar-refractivity contribution is 7.31. The maximum absolute atomic E-state index is 11.2. The molecule has 4 rings (SSSR count). The fraction of sp³-hybridized carbons (Fsp3) is 0.471. The molecule has 0 aliphatic heterocycles. The Morgan fingerprint density at radius 2 is 0.658 bits per heavy atom. The van der Waals surface area contributed by atoms with Gasteiger partial charge in [-0.1, -0.05) is 83.1 Å². The van der Waals surface area contributed by atoms with Gasteiger partial charge in [0.25, 0.3) is 0 Å². The number of thiophene rings is 2. The van der Waals surface area contributed by atoms with Crippen molar-refractivity contribution in [3.05, 3.63) is 58.7 Å². The molecule has 0 aliphatic rings. The molecule has 0 amide bonds. The Morgan fingerprint density at radius 3 is 0.868 bits per heavy atom. The van der Waals surface area contributed by atoms with Gasteiger partial charge >= 0.3 is 0 Å². The summed E-state index contributed by atoms with van der Waals surface area (Å²) >= 11 is 3.62. The molecule has 0 aliphatic carbocycles. The van der Waals surface area contributed by atoms with Gasteiger partial charge in [-0.2, -0.15) is 0 Å². The lowest BCUT2D eigenvalue weighted by molar-refractivity contribution is 0.422. The van der Waals surface area contributed by atoms with Gasteiger partial charge in [-0.3, -0.25) is 0 Å². The second kappa shape index (κ2) is 9.13. The summed E-state index contributed by atoms with van der Waals surface area (Å²) in [6.07, 6.45) is 0. The number of hydrogen-bond acceptors (Lipinski definition) is 4. The number of fused-ring (bicyclic) bond motifs is 1. The van der Waals surface area contributed by atoms with E-state index >= 15 is 0 Å². The fourth-order valence-corrected chi connectivity index (χ4v) is 7.33. The molecule has 38 heavy (non-hydrogen) atoms. The van der Waals surface area contributed by atoms with E-state index in [-0.39, 0.29) is 21.7 Å². The van der Waals surface area contributed by atoms with Gasteiger partial charge < -0.3 is 10.2 Å². The van der Waals surface area contributed by atoms with Crippen LogP contribution in [0.5, 0.6) is 11.5 Å². The minimum Gasteiger partial charge on any atom is -0.507 e. The average molecular weight is 549 g/mol. The molecule has 4 heteroatoms. The van der Waals surface area contributed by atoms with E-state index in [9.17, 15) is 10.2 Å². The molecule has 4 aromatic rings. The van der Waals surface area contributed by atoms with Crippen LogP contribution in [-0.2, 0) is 21.7 Å². The van der Waals surface area contributed by atoms with Crippen molar-refractivity contribution in [3.8, 4) is 32.4 Å². The molecule has 0 bridgehead atoms. The van der Waals surface area contributed by atoms with E-state index in [0.29, 0.717) is 11.5 Å². The van der Waals surface area contributed by atoms with E-state index in [1.807, 2.05) is 22.7 Å². The number of benzene rings is 2. The highest BCUT2D eigenvalue weighted by atomic mass is 32.1. The van der Waals surface area contributed by atoms with Crippen LogP contribution in [0.2, 0.25) is 0 Å². The summed E-state index contributed by atoms with van der Waals surface area (Å²) in [5.74, 6) is 0.845. The second-order valence-corrected chi connectivity index (χ2v) is 17.0. The van der Waals surface area contributed by atoms with Gasteiger partial charge in [0, 0.05) is 41.4 Å². The van der Waals surface area contributed by atoms with Crippen molar-refractivity contribution in [2.75, 3.05) is 0 Å². The lowest BCUT2D eigenvalue weighted by Crippen LogP contribution is -2.17. The van der Waals surface area contributed by atoms with Gasteiger partial charge in [0.2, 0.25) is 0 Å². The number of phenolic OH excluding ortho intramolecular Hbond substituents is 2. The molecule has 0 spiro atoms. The van der Waals surface area contributed by atoms with Gasteiger partial charge in [0.1, 0.15) is 11.5 Å². The molecular weight excluding hydrogens is 505 g/mol. The third-order valence-corrected chi connectivity index (χ3v) is 9.62. The average Bonchev–Trinajstić information content (AvgIpc) is 3.30. The first-order chi connectivity index (χ1) is 17.2. The predicted molar refractivity (Wildman–Crippen MR) is 169 cm³/mol. The van der Waals surface area contributed by atoms with Crippen LogP contribution in [0.25, 0.3) is 30.3 Å². The molecule has 0 unspecified atom stereocenters. The fourth-order valence-electron chi connectivity index (χ4n) is 4.96. The smallest absolute Gasteiger partial charge is 0.123 e. The standard InChI is InChI=1S/C34H44O2S2/c1-31(2,3)21-13-19(14-22(29(21)35)32(4,5)6)25-17-27-28(37-25)18-26(38-27)20-15-23(33(7,8)9)30(36)24(16-20)34(10,11)12/h13-18,35-36H,1-12H3. The summed E-state index contributed by atoms with van der Waals surface area (Å²) in [6, 6.07) is 13.3. The van der Waals surface area contributed by atoms with Crippen molar-refractivity contribution in [3.63, 3.8) is 0 Å². The first kappa shape index (κ1) is 28.7. The summed E-state index contributed by atoms with van der Waals surface area (Å²) in [5.41, 5.74) is 5.68. The molecule has 2 aromatic carbocycles. The van der Waals surface area contributed by atoms with Gasteiger partial charge in [0.15, 0.2) is 0 Å². The lowest BCUT2D eigenvalue weighted by atomic mass is 9.78. The molecule has 2 heterocycles. The molecule has 2 nitrogen and oxygen atoms in total. The highest BCUT2D eigenvalue weighted by Gasteiger charge is 2.29. The van der Waals surface area contributed by atoms with E-state index in [0.717, 1.165) is 22.3 Å². The molecule has 204 valence electrons. The van der Waals surface area contributed by atoms with Gasteiger partial charge in [-0.05, 0) is 69.2 Å². The molecule has 0 fully saturated rings. The normalized spacial score (nSPS) is 13.5. The third kappa shape index (κ3) is 5.40. The Balaban J connectivity index is 1.85. The van der Waals surface area contributed by atoms with Crippen LogP contribution in [0.4, 0.5) is 0 Å². The van der Waals surface area contributed by atoms with Crippen LogP contribution in [0.15, 0.2) is 36.4 Å². The summed E-state index contributed by atoms with van der Waals surface area (Å²) in [6.45, 7) is 25.9. The van der Waals surface area contributed by atoms with Crippen LogP contribution in [0.3, 0.4) is 0 Å². The van der Waals surface area contributed by atoms with Gasteiger partial charge in [0.05, 0.1) is 0 Å². The van der Waals surface area contributed by atoms with E-state index in [2.05, 4.69) is 119 Å². The second-order valence-electron chi connectivity index (χ2n) is 14.8. The molecule has 0 radical (unpaired) electrons. The monoisotopic (exact) mass is 548 g/mol. The maximum atomic E-state index is 11.2. The van der Waals surface area contributed by atoms with Crippen molar-refractivity contribution in [2.24, 2.45) is 0 Å². The summed E-state index contributed by atoms with van der Waals surface area (Å²) in [7, 11) is 0. The SMILES string of the molecule is CC(C)(C)c1cc(-c2cc3sc(-c4cc(C(C)(C)C)c(O)c(C(C)(C)C)c4)cc3s2)cc(C(C)(C)C)c1O. The minimum absolute atomic E-state index is 0.156. The lowest BCUT2D eigenvalue weighted by Gasteiger charge is -2.28. The quantitative estimate of drug-likeness (QED) is 0.261. The van der Waals surface area contributed by atoms with Crippen LogP contribution in [-0.4, -0.2) is 10.2 Å². The van der Waals surface area contributed by atoms with Crippen molar-refractivity contribution >= 4 is 32.1 Å². The summed E-state index contributed by atoms with van der Waals surface area (Å²) in [5, 5.41) is 22.3. The van der Waals surface area contributed by atoms with Gasteiger partial charge in [-0.15, -0.1) is 22.7 Å². The zero-order valence-corrected chi connectivity index (χ0v) is 26.8. The Kier molecular flexibility index (Phi) is 6.90. The summed E-state index contributed by atoms with van der Waals surface area (Å²) in [4.78, 5) is 2.45. The molecule has 0 saturated heterocycles. The van der Waals surface area contributed by atoms with E-state index in [1.54, 1.807) is 0 Å². The molecule has 0 atom stereocenters. The Bertz CT molecular complexity index is 1290. The first-order valence-corrected chi connectivity index (χ1v) is 15.1. The third-order valence-electron chi connectivity index (χ3n) is 7.23. The molecular formula is C34H44O2S2. The van der Waals surface area contributed by atoms with Crippen molar-refractivity contribution in [1.29, 1.82) is 0 Å². The van der Waals surface area contributed by atoms with Crippen LogP contribution >= 0.6 is 22.7 Å². The number of rotatable bonds is 2. The minimum atomic E-state index is -0.156. The van der Waals surface area contributed by atoms with Crippen molar-refractivity contribution < 1.29 is 10.2 Å². The van der Waals surface area contributed by atoms with Crippen molar-refractivity contribution in [1.82, 2.24) is 0 Å². The number of aromatic hydroxyl groups is 2. The Labute approximate surface area is 237 Å². The van der Waals surface area contributed by atoms with Crippen LogP contribution < -0.4 is 0 Å². The van der Waals surface area contributed by atoms with E-state index in [4.69, 9.17) is 0 Å². The Morgan fingerprint density at radius 1 is 0.421 bits per heavy atom. The van der Waals surface area contributed by atoms with Gasteiger partial charge in [-0.25, -0.2) is 0 Å². The summed E-state index contributed by atoms with van der Waals surface area (Å²) < 4.78 is 2.54. The van der Waals surface area contributed by atoms with Crippen LogP contribution in [0.1, 0.15) is 105 Å². The van der Waals surface area contributed by atoms with Crippen LogP contribution in [0, 0.1) is 0 Å². The molecule has 2 N–H and O–H groups in total. The molecule has 0 saturated carbocycles. The highest BCUT2D eigenvalue weighted by Crippen LogP contribution is 2.48. The van der Waals surface area contributed by atoms with Crippen molar-refractivity contribution in [2.45, 2.75) is 105 Å². The predicted octanol–water partition coefficient (Wildman–Crippen LogP) is 10.9. The first-order valence-electron chi connectivity index (χ1n) is 13.5. The largest absolute Gasteiger partial charge is 0.507 e. The molecule has 2 aromatic heterocycles. The number of hydrogen-bond donors (Lipinski definition) is 2.